The van der Waals surface area contributed by atoms with E-state index in [2.05, 4.69) is 4.98 Å². The van der Waals surface area contributed by atoms with Crippen molar-refractivity contribution in [1.82, 2.24) is 9.13 Å². The molecule has 0 spiro atoms. The van der Waals surface area contributed by atoms with E-state index in [1.807, 2.05) is 26.8 Å². The highest BCUT2D eigenvalue weighted by Gasteiger charge is 2.38. The van der Waals surface area contributed by atoms with Crippen LogP contribution < -0.4 is 25.7 Å². The van der Waals surface area contributed by atoms with Gasteiger partial charge in [-0.05, 0) is 30.0 Å². The normalized spacial score (nSPS) is 15.0. The summed E-state index contributed by atoms with van der Waals surface area (Å²) in [5.74, 6) is 1.05. The lowest BCUT2D eigenvalue weighted by atomic mass is 9.73. The second-order valence-corrected chi connectivity index (χ2v) is 9.02. The first kappa shape index (κ1) is 21.8. The molecule has 4 rings (SSSR count). The number of aromatic nitrogens is 3. The smallest absolute Gasteiger partial charge is 0.417 e. The molecule has 0 aliphatic heterocycles. The Morgan fingerprint density at radius 3 is 2.41 bits per heavy atom. The summed E-state index contributed by atoms with van der Waals surface area (Å²) in [5, 5.41) is 0.299. The van der Waals surface area contributed by atoms with Crippen LogP contribution in [0.5, 0.6) is 11.5 Å². The van der Waals surface area contributed by atoms with Crippen LogP contribution in [0.1, 0.15) is 43.2 Å². The van der Waals surface area contributed by atoms with Crippen molar-refractivity contribution in [2.75, 3.05) is 13.7 Å². The van der Waals surface area contributed by atoms with Gasteiger partial charge < -0.3 is 9.47 Å². The fourth-order valence-electron chi connectivity index (χ4n) is 4.59. The Morgan fingerprint density at radius 2 is 1.75 bits per heavy atom. The van der Waals surface area contributed by atoms with Crippen molar-refractivity contribution in [3.63, 3.8) is 0 Å². The number of methoxy groups -OCH3 is 1. The summed E-state index contributed by atoms with van der Waals surface area (Å²) < 4.78 is 13.6. The molecule has 32 heavy (non-hydrogen) atoms. The van der Waals surface area contributed by atoms with Crippen molar-refractivity contribution < 1.29 is 19.3 Å². The van der Waals surface area contributed by atoms with Crippen molar-refractivity contribution in [2.45, 2.75) is 33.6 Å². The van der Waals surface area contributed by atoms with Crippen LogP contribution in [0.2, 0.25) is 0 Å². The van der Waals surface area contributed by atoms with Gasteiger partial charge in [-0.15, -0.1) is 0 Å². The first-order valence-electron chi connectivity index (χ1n) is 10.6. The van der Waals surface area contributed by atoms with Gasteiger partial charge in [0.05, 0.1) is 26.3 Å². The maximum Gasteiger partial charge on any atom is 0.417 e. The van der Waals surface area contributed by atoms with E-state index in [4.69, 9.17) is 9.47 Å². The van der Waals surface area contributed by atoms with Gasteiger partial charge in [-0.3, -0.25) is 9.59 Å². The summed E-state index contributed by atoms with van der Waals surface area (Å²) in [5.41, 5.74) is 1.67. The standard InChI is InChI=1S/C24H27N3O5/c1-7-32-16-9-8-13(10-17(16)31-6)18-19-14(11-24(2,3)12-15(19)28)25-21-20(18)22(29)27(5)23(30)26(21)4/h8-10H,7,11-12H2,1-6H3/p+1. The van der Waals surface area contributed by atoms with Gasteiger partial charge >= 0.3 is 5.69 Å². The molecule has 0 saturated heterocycles. The highest BCUT2D eigenvalue weighted by Crippen LogP contribution is 2.41. The second kappa shape index (κ2) is 7.62. The Hall–Kier alpha value is -3.42. The summed E-state index contributed by atoms with van der Waals surface area (Å²) in [4.78, 5) is 42.5. The van der Waals surface area contributed by atoms with E-state index in [1.54, 1.807) is 26.3 Å². The number of Topliss-reactive ketones (excluding diaryl/α,β-unsaturated/α-hetero) is 1. The summed E-state index contributed by atoms with van der Waals surface area (Å²) in [6, 6.07) is 5.37. The van der Waals surface area contributed by atoms with E-state index in [1.165, 1.54) is 11.6 Å². The molecule has 0 unspecified atom stereocenters. The minimum atomic E-state index is -0.456. The van der Waals surface area contributed by atoms with E-state index in [9.17, 15) is 14.4 Å². The number of ketones is 1. The molecule has 1 aromatic carbocycles. The van der Waals surface area contributed by atoms with Crippen LogP contribution in [0.15, 0.2) is 27.8 Å². The summed E-state index contributed by atoms with van der Waals surface area (Å²) >= 11 is 0. The Balaban J connectivity index is 2.19. The highest BCUT2D eigenvalue weighted by atomic mass is 16.5. The molecular formula is C24H28N3O5+. The molecule has 3 aromatic rings. The number of nitrogens with one attached hydrogen (secondary N) is 1. The average molecular weight is 439 g/mol. The number of pyridine rings is 1. The quantitative estimate of drug-likeness (QED) is 0.623. The predicted molar refractivity (Wildman–Crippen MR) is 121 cm³/mol. The molecule has 0 amide bonds. The molecular weight excluding hydrogens is 410 g/mol. The number of hydrogen-bond donors (Lipinski definition) is 0. The number of fused-ring (bicyclic) bond motifs is 2. The third-order valence-electron chi connectivity index (χ3n) is 6.06. The molecule has 1 aliphatic carbocycles. The van der Waals surface area contributed by atoms with Crippen LogP contribution in [0.25, 0.3) is 22.2 Å². The van der Waals surface area contributed by atoms with E-state index in [0.717, 1.165) is 10.3 Å². The number of rotatable bonds is 4. The zero-order valence-corrected chi connectivity index (χ0v) is 19.3. The van der Waals surface area contributed by atoms with Crippen LogP contribution >= 0.6 is 0 Å². The van der Waals surface area contributed by atoms with E-state index >= 15 is 0 Å². The maximum atomic E-state index is 13.4. The molecule has 0 radical (unpaired) electrons. The second-order valence-electron chi connectivity index (χ2n) is 9.02. The van der Waals surface area contributed by atoms with Crippen molar-refractivity contribution in [3.05, 3.63) is 50.3 Å². The largest absolute Gasteiger partial charge is 0.493 e. The minimum absolute atomic E-state index is 0.0341. The van der Waals surface area contributed by atoms with Crippen molar-refractivity contribution in [2.24, 2.45) is 19.5 Å². The number of H-pyrrole nitrogens is 1. The topological polar surface area (TPSA) is 93.7 Å². The Labute approximate surface area is 185 Å². The van der Waals surface area contributed by atoms with Gasteiger partial charge in [0.25, 0.3) is 11.2 Å². The maximum absolute atomic E-state index is 13.4. The van der Waals surface area contributed by atoms with Crippen LogP contribution in [0.4, 0.5) is 0 Å². The molecule has 168 valence electrons. The van der Waals surface area contributed by atoms with Crippen LogP contribution in [-0.4, -0.2) is 28.6 Å². The van der Waals surface area contributed by atoms with Gasteiger partial charge in [-0.1, -0.05) is 19.9 Å². The van der Waals surface area contributed by atoms with E-state index < -0.39 is 11.2 Å². The molecule has 2 heterocycles. The van der Waals surface area contributed by atoms with E-state index in [0.29, 0.717) is 58.7 Å². The zero-order valence-electron chi connectivity index (χ0n) is 19.3. The molecule has 2 aromatic heterocycles. The minimum Gasteiger partial charge on any atom is -0.493 e. The fourth-order valence-corrected chi connectivity index (χ4v) is 4.59. The highest BCUT2D eigenvalue weighted by molar-refractivity contribution is 6.10. The fraction of sp³-hybridized carbons (Fsp3) is 0.417. The first-order valence-corrected chi connectivity index (χ1v) is 10.6. The number of carbonyl (C=O) groups is 1. The lowest BCUT2D eigenvalue weighted by Crippen LogP contribution is -2.42. The van der Waals surface area contributed by atoms with Crippen LogP contribution in [0.3, 0.4) is 0 Å². The van der Waals surface area contributed by atoms with Crippen LogP contribution in [-0.2, 0) is 20.5 Å². The van der Waals surface area contributed by atoms with Crippen molar-refractivity contribution in [3.8, 4) is 22.6 Å². The molecule has 8 heteroatoms. The third-order valence-corrected chi connectivity index (χ3v) is 6.06. The molecule has 0 fully saturated rings. The number of aryl methyl sites for hydroxylation is 1. The van der Waals surface area contributed by atoms with Gasteiger partial charge in [-0.25, -0.2) is 14.3 Å². The van der Waals surface area contributed by atoms with Crippen molar-refractivity contribution in [1.29, 1.82) is 0 Å². The summed E-state index contributed by atoms with van der Waals surface area (Å²) in [6.45, 7) is 6.43. The SMILES string of the molecule is CCOc1ccc(-c2c3c([nH+]c4c2c(=O)n(C)c(=O)n4C)CC(C)(C)CC3=O)cc1OC. The molecule has 8 nitrogen and oxygen atoms in total. The summed E-state index contributed by atoms with van der Waals surface area (Å²) in [7, 11) is 4.60. The zero-order chi connectivity index (χ0) is 23.4. The van der Waals surface area contributed by atoms with Crippen LogP contribution in [0, 0.1) is 5.41 Å². The molecule has 0 bridgehead atoms. The number of nitrogens with zero attached hydrogens (tertiary/aromatic N) is 2. The molecule has 0 atom stereocenters. The average Bonchev–Trinajstić information content (AvgIpc) is 2.74. The number of benzene rings is 1. The number of hydrogen-bond acceptors (Lipinski definition) is 5. The Bertz CT molecular complexity index is 1380. The number of carbonyl (C=O) groups excluding carboxylic acids is 1. The Kier molecular flexibility index (Phi) is 5.19. The number of aromatic amines is 1. The van der Waals surface area contributed by atoms with Crippen molar-refractivity contribution >= 4 is 16.8 Å². The lowest BCUT2D eigenvalue weighted by Gasteiger charge is -2.29. The monoisotopic (exact) mass is 438 g/mol. The molecule has 0 saturated carbocycles. The van der Waals surface area contributed by atoms with Gasteiger partial charge in [0.1, 0.15) is 11.1 Å². The first-order chi connectivity index (χ1) is 15.1. The number of ether oxygens (including phenoxy) is 2. The van der Waals surface area contributed by atoms with E-state index in [-0.39, 0.29) is 11.2 Å². The van der Waals surface area contributed by atoms with Gasteiger partial charge in [0.2, 0.25) is 0 Å². The summed E-state index contributed by atoms with van der Waals surface area (Å²) in [6.07, 6.45) is 0.987. The van der Waals surface area contributed by atoms with Gasteiger partial charge in [0, 0.05) is 25.5 Å². The lowest BCUT2D eigenvalue weighted by molar-refractivity contribution is -0.365. The molecule has 1 N–H and O–H groups in total. The van der Waals surface area contributed by atoms with Gasteiger partial charge in [0.15, 0.2) is 17.3 Å². The Morgan fingerprint density at radius 1 is 1.03 bits per heavy atom. The third kappa shape index (κ3) is 3.30. The van der Waals surface area contributed by atoms with Gasteiger partial charge in [-0.2, -0.15) is 4.57 Å². The predicted octanol–water partition coefficient (Wildman–Crippen LogP) is 2.28. The molecule has 1 aliphatic rings.